The molecular formula is C17H20N2O. The number of nitrogens with two attached hydrogens (primary N) is 1. The molecule has 3 rings (SSSR count). The number of aromatic nitrogens is 1. The van der Waals surface area contributed by atoms with E-state index in [-0.39, 0.29) is 0 Å². The quantitative estimate of drug-likeness (QED) is 0.927. The molecule has 3 heteroatoms. The second kappa shape index (κ2) is 5.53. The summed E-state index contributed by atoms with van der Waals surface area (Å²) in [6, 6.07) is 12.5. The molecule has 1 aromatic heterocycles. The van der Waals surface area contributed by atoms with Crippen molar-refractivity contribution in [3.05, 3.63) is 53.2 Å². The molecule has 1 aliphatic rings. The molecule has 2 N–H and O–H groups in total. The first-order valence-electron chi connectivity index (χ1n) is 7.18. The number of pyridine rings is 1. The van der Waals surface area contributed by atoms with Gasteiger partial charge in [-0.3, -0.25) is 0 Å². The van der Waals surface area contributed by atoms with Gasteiger partial charge in [0, 0.05) is 11.6 Å². The lowest BCUT2D eigenvalue weighted by atomic mass is 9.83. The Labute approximate surface area is 119 Å². The summed E-state index contributed by atoms with van der Waals surface area (Å²) in [7, 11) is 0. The largest absolute Gasteiger partial charge is 0.489 e. The fraction of sp³-hybridized carbons (Fsp3) is 0.353. The number of benzene rings is 1. The maximum Gasteiger partial charge on any atom is 0.166 e. The van der Waals surface area contributed by atoms with E-state index in [0.29, 0.717) is 24.1 Å². The standard InChI is InChI=1S/C17H20N2O/c1-12-9-10-16(17(18)19-12)20-11-14-7-4-6-13-5-2-3-8-15(13)14/h2-3,5,8-10,14H,4,6-7,11H2,1H3,(H2,18,19). The lowest BCUT2D eigenvalue weighted by Gasteiger charge is -2.25. The molecule has 0 spiro atoms. The van der Waals surface area contributed by atoms with Gasteiger partial charge in [-0.25, -0.2) is 4.98 Å². The average molecular weight is 268 g/mol. The minimum atomic E-state index is 0.459. The van der Waals surface area contributed by atoms with E-state index >= 15 is 0 Å². The van der Waals surface area contributed by atoms with Gasteiger partial charge in [0.2, 0.25) is 0 Å². The Morgan fingerprint density at radius 1 is 1.25 bits per heavy atom. The molecule has 1 aromatic carbocycles. The zero-order valence-electron chi connectivity index (χ0n) is 11.8. The third kappa shape index (κ3) is 2.62. The first kappa shape index (κ1) is 13.0. The van der Waals surface area contributed by atoms with Gasteiger partial charge in [0.1, 0.15) is 0 Å². The zero-order valence-corrected chi connectivity index (χ0v) is 11.8. The van der Waals surface area contributed by atoms with Crippen LogP contribution >= 0.6 is 0 Å². The van der Waals surface area contributed by atoms with Crippen molar-refractivity contribution in [2.45, 2.75) is 32.1 Å². The van der Waals surface area contributed by atoms with E-state index in [0.717, 1.165) is 5.69 Å². The second-order valence-electron chi connectivity index (χ2n) is 5.43. The van der Waals surface area contributed by atoms with Crippen LogP contribution < -0.4 is 10.5 Å². The van der Waals surface area contributed by atoms with Gasteiger partial charge in [-0.15, -0.1) is 0 Å². The molecule has 1 aliphatic carbocycles. The van der Waals surface area contributed by atoms with Gasteiger partial charge < -0.3 is 10.5 Å². The highest BCUT2D eigenvalue weighted by Gasteiger charge is 2.20. The predicted molar refractivity (Wildman–Crippen MR) is 81.0 cm³/mol. The number of hydrogen-bond donors (Lipinski definition) is 1. The Bertz CT molecular complexity index is 610. The summed E-state index contributed by atoms with van der Waals surface area (Å²) in [5.74, 6) is 1.63. The van der Waals surface area contributed by atoms with Crippen LogP contribution in [0.5, 0.6) is 5.75 Å². The summed E-state index contributed by atoms with van der Waals surface area (Å²) < 4.78 is 5.90. The van der Waals surface area contributed by atoms with E-state index in [1.165, 1.54) is 30.4 Å². The van der Waals surface area contributed by atoms with Crippen LogP contribution in [0.1, 0.15) is 35.6 Å². The number of ether oxygens (including phenoxy) is 1. The van der Waals surface area contributed by atoms with Crippen LogP contribution in [0.4, 0.5) is 5.82 Å². The van der Waals surface area contributed by atoms with Crippen LogP contribution in [0.2, 0.25) is 0 Å². The zero-order chi connectivity index (χ0) is 13.9. The predicted octanol–water partition coefficient (Wildman–Crippen LogP) is 3.47. The number of fused-ring (bicyclic) bond motifs is 1. The minimum absolute atomic E-state index is 0.459. The van der Waals surface area contributed by atoms with E-state index < -0.39 is 0 Å². The number of nitrogens with zero attached hydrogens (tertiary/aromatic N) is 1. The van der Waals surface area contributed by atoms with Crippen molar-refractivity contribution < 1.29 is 4.74 Å². The monoisotopic (exact) mass is 268 g/mol. The molecule has 0 amide bonds. The summed E-state index contributed by atoms with van der Waals surface area (Å²) in [5, 5.41) is 0. The van der Waals surface area contributed by atoms with E-state index in [1.54, 1.807) is 0 Å². The highest BCUT2D eigenvalue weighted by molar-refractivity contribution is 5.46. The smallest absolute Gasteiger partial charge is 0.166 e. The van der Waals surface area contributed by atoms with E-state index in [4.69, 9.17) is 10.5 Å². The topological polar surface area (TPSA) is 48.1 Å². The highest BCUT2D eigenvalue weighted by atomic mass is 16.5. The molecule has 0 saturated carbocycles. The number of nitrogen functional groups attached to an aromatic ring is 1. The fourth-order valence-electron chi connectivity index (χ4n) is 2.90. The van der Waals surface area contributed by atoms with Crippen molar-refractivity contribution in [1.29, 1.82) is 0 Å². The van der Waals surface area contributed by atoms with Gasteiger partial charge in [-0.2, -0.15) is 0 Å². The highest BCUT2D eigenvalue weighted by Crippen LogP contribution is 2.32. The first-order chi connectivity index (χ1) is 9.74. The van der Waals surface area contributed by atoms with Gasteiger partial charge in [0.05, 0.1) is 6.61 Å². The molecular weight excluding hydrogens is 248 g/mol. The summed E-state index contributed by atoms with van der Waals surface area (Å²) in [4.78, 5) is 4.23. The van der Waals surface area contributed by atoms with E-state index in [9.17, 15) is 0 Å². The van der Waals surface area contributed by atoms with Crippen LogP contribution in [-0.2, 0) is 6.42 Å². The number of rotatable bonds is 3. The van der Waals surface area contributed by atoms with Crippen molar-refractivity contribution in [2.75, 3.05) is 12.3 Å². The molecule has 3 nitrogen and oxygen atoms in total. The second-order valence-corrected chi connectivity index (χ2v) is 5.43. The average Bonchev–Trinajstić information content (AvgIpc) is 2.46. The summed E-state index contributed by atoms with van der Waals surface area (Å²) in [6.45, 7) is 2.60. The molecule has 0 radical (unpaired) electrons. The van der Waals surface area contributed by atoms with Crippen molar-refractivity contribution in [1.82, 2.24) is 4.98 Å². The lowest BCUT2D eigenvalue weighted by molar-refractivity contribution is 0.275. The summed E-state index contributed by atoms with van der Waals surface area (Å²) >= 11 is 0. The summed E-state index contributed by atoms with van der Waals surface area (Å²) in [5.41, 5.74) is 9.70. The van der Waals surface area contributed by atoms with Gasteiger partial charge in [-0.1, -0.05) is 24.3 Å². The van der Waals surface area contributed by atoms with Gasteiger partial charge in [0.25, 0.3) is 0 Å². The van der Waals surface area contributed by atoms with Crippen molar-refractivity contribution >= 4 is 5.82 Å². The van der Waals surface area contributed by atoms with Crippen molar-refractivity contribution in [3.8, 4) is 5.75 Å². The third-order valence-electron chi connectivity index (χ3n) is 3.96. The minimum Gasteiger partial charge on any atom is -0.489 e. The molecule has 1 unspecified atom stereocenters. The molecule has 20 heavy (non-hydrogen) atoms. The Balaban J connectivity index is 1.73. The number of anilines is 1. The SMILES string of the molecule is Cc1ccc(OCC2CCCc3ccccc32)c(N)n1. The Hall–Kier alpha value is -2.03. The fourth-order valence-corrected chi connectivity index (χ4v) is 2.90. The first-order valence-corrected chi connectivity index (χ1v) is 7.18. The molecule has 0 bridgehead atoms. The Morgan fingerprint density at radius 2 is 2.10 bits per heavy atom. The van der Waals surface area contributed by atoms with Crippen LogP contribution in [0.25, 0.3) is 0 Å². The van der Waals surface area contributed by atoms with Crippen LogP contribution in [-0.4, -0.2) is 11.6 Å². The lowest BCUT2D eigenvalue weighted by Crippen LogP contribution is -2.17. The Kier molecular flexibility index (Phi) is 3.59. The molecule has 2 aromatic rings. The Morgan fingerprint density at radius 3 is 2.95 bits per heavy atom. The molecule has 104 valence electrons. The van der Waals surface area contributed by atoms with Crippen LogP contribution in [0.15, 0.2) is 36.4 Å². The van der Waals surface area contributed by atoms with Gasteiger partial charge in [0.15, 0.2) is 11.6 Å². The van der Waals surface area contributed by atoms with Crippen LogP contribution in [0, 0.1) is 6.92 Å². The van der Waals surface area contributed by atoms with Gasteiger partial charge >= 0.3 is 0 Å². The van der Waals surface area contributed by atoms with E-state index in [1.807, 2.05) is 19.1 Å². The van der Waals surface area contributed by atoms with Crippen LogP contribution in [0.3, 0.4) is 0 Å². The molecule has 0 fully saturated rings. The maximum absolute atomic E-state index is 5.90. The normalized spacial score (nSPS) is 17.6. The third-order valence-corrected chi connectivity index (χ3v) is 3.96. The molecule has 1 atom stereocenters. The number of hydrogen-bond acceptors (Lipinski definition) is 3. The molecule has 0 saturated heterocycles. The maximum atomic E-state index is 5.90. The van der Waals surface area contributed by atoms with Crippen molar-refractivity contribution in [3.63, 3.8) is 0 Å². The molecule has 0 aliphatic heterocycles. The van der Waals surface area contributed by atoms with E-state index in [2.05, 4.69) is 29.2 Å². The number of aryl methyl sites for hydroxylation is 2. The van der Waals surface area contributed by atoms with Gasteiger partial charge in [-0.05, 0) is 49.4 Å². The van der Waals surface area contributed by atoms with Crippen molar-refractivity contribution in [2.24, 2.45) is 0 Å². The summed E-state index contributed by atoms with van der Waals surface area (Å²) in [6.07, 6.45) is 3.59. The molecule has 1 heterocycles.